The lowest BCUT2D eigenvalue weighted by atomic mass is 9.87. The van der Waals surface area contributed by atoms with Crippen LogP contribution in [0.1, 0.15) is 46.3 Å². The lowest BCUT2D eigenvalue weighted by Crippen LogP contribution is -2.36. The number of Topliss-reactive ketones (excluding diaryl/α,β-unsaturated/α-hetero) is 1. The Balaban J connectivity index is 1.93. The van der Waals surface area contributed by atoms with Crippen molar-refractivity contribution >= 4 is 16.7 Å². The Bertz CT molecular complexity index is 486. The molecule has 2 aliphatic rings. The van der Waals surface area contributed by atoms with Gasteiger partial charge in [-0.25, -0.2) is 0 Å². The number of ketones is 1. The molecule has 1 aromatic carbocycles. The van der Waals surface area contributed by atoms with E-state index in [1.165, 1.54) is 41.0 Å². The number of benzene rings is 1. The summed E-state index contributed by atoms with van der Waals surface area (Å²) in [5, 5.41) is 0.349. The number of hydrogen-bond acceptors (Lipinski definition) is 1. The van der Waals surface area contributed by atoms with Gasteiger partial charge >= 0.3 is 0 Å². The molecule has 1 heterocycles. The molecular weight excluding hydrogens is 240 g/mol. The molecule has 1 fully saturated rings. The lowest BCUT2D eigenvalue weighted by Gasteiger charge is -2.23. The van der Waals surface area contributed by atoms with Gasteiger partial charge in [-0.3, -0.25) is 4.79 Å². The molecule has 1 nitrogen and oxygen atoms in total. The highest BCUT2D eigenvalue weighted by Gasteiger charge is 2.42. The molecule has 0 bridgehead atoms. The summed E-state index contributed by atoms with van der Waals surface area (Å²) in [6.45, 7) is 4.26. The van der Waals surface area contributed by atoms with Crippen molar-refractivity contribution in [3.63, 3.8) is 0 Å². The molecule has 0 aromatic heterocycles. The monoisotopic (exact) mass is 261 g/mol. The van der Waals surface area contributed by atoms with Crippen LogP contribution in [0.3, 0.4) is 0 Å². The van der Waals surface area contributed by atoms with Crippen LogP contribution in [0.15, 0.2) is 12.1 Å². The van der Waals surface area contributed by atoms with Gasteiger partial charge in [0.15, 0.2) is 5.25 Å². The van der Waals surface area contributed by atoms with Crippen LogP contribution in [0.2, 0.25) is 0 Å². The molecule has 1 aliphatic carbocycles. The smallest absolute Gasteiger partial charge is 0.215 e. The minimum atomic E-state index is 0.349. The standard InChI is InChI=1S/C16H21OS/c1-11-9-13-5-6-15(18-7-3-4-8-18)16(17)14(13)10-12(11)2/h9-10,15H,3-8H2,1-2H3/q+1. The predicted molar refractivity (Wildman–Crippen MR) is 78.7 cm³/mol. The fraction of sp³-hybridized carbons (Fsp3) is 0.562. The number of rotatable bonds is 1. The molecule has 1 unspecified atom stereocenters. The van der Waals surface area contributed by atoms with E-state index in [0.29, 0.717) is 21.9 Å². The second-order valence-electron chi connectivity index (χ2n) is 5.64. The van der Waals surface area contributed by atoms with Crippen molar-refractivity contribution in [3.05, 3.63) is 34.4 Å². The van der Waals surface area contributed by atoms with Crippen LogP contribution in [-0.2, 0) is 17.3 Å². The molecule has 3 rings (SSSR count). The van der Waals surface area contributed by atoms with E-state index < -0.39 is 0 Å². The minimum Gasteiger partial charge on any atom is -0.288 e. The van der Waals surface area contributed by atoms with Gasteiger partial charge in [-0.05, 0) is 66.8 Å². The zero-order valence-corrected chi connectivity index (χ0v) is 12.1. The molecule has 1 saturated heterocycles. The Morgan fingerprint density at radius 2 is 1.78 bits per heavy atom. The molecule has 1 atom stereocenters. The summed E-state index contributed by atoms with van der Waals surface area (Å²) in [5.41, 5.74) is 4.91. The van der Waals surface area contributed by atoms with Crippen LogP contribution in [-0.4, -0.2) is 22.5 Å². The summed E-state index contributed by atoms with van der Waals surface area (Å²) < 4.78 is 0. The van der Waals surface area contributed by atoms with E-state index >= 15 is 0 Å². The summed E-state index contributed by atoms with van der Waals surface area (Å²) in [6, 6.07) is 4.37. The highest BCUT2D eigenvalue weighted by atomic mass is 32.2. The summed E-state index contributed by atoms with van der Waals surface area (Å²) in [6.07, 6.45) is 4.88. The van der Waals surface area contributed by atoms with Gasteiger partial charge in [0.1, 0.15) is 11.5 Å². The van der Waals surface area contributed by atoms with E-state index in [1.807, 2.05) is 0 Å². The number of hydrogen-bond donors (Lipinski definition) is 0. The second-order valence-corrected chi connectivity index (χ2v) is 8.10. The molecule has 18 heavy (non-hydrogen) atoms. The molecular formula is C16H21OS+. The quantitative estimate of drug-likeness (QED) is 0.709. The first-order valence-corrected chi connectivity index (χ1v) is 8.60. The maximum Gasteiger partial charge on any atom is 0.215 e. The van der Waals surface area contributed by atoms with Crippen LogP contribution in [0.25, 0.3) is 0 Å². The molecule has 1 aliphatic heterocycles. The van der Waals surface area contributed by atoms with Crippen molar-refractivity contribution in [2.45, 2.75) is 44.8 Å². The Morgan fingerprint density at radius 1 is 1.11 bits per heavy atom. The summed E-state index contributed by atoms with van der Waals surface area (Å²) in [7, 11) is 0.387. The molecule has 0 amide bonds. The van der Waals surface area contributed by atoms with Crippen molar-refractivity contribution in [3.8, 4) is 0 Å². The van der Waals surface area contributed by atoms with Crippen molar-refractivity contribution < 1.29 is 4.79 Å². The Kier molecular flexibility index (Phi) is 3.23. The average molecular weight is 261 g/mol. The number of carbonyl (C=O) groups is 1. The van der Waals surface area contributed by atoms with Crippen LogP contribution >= 0.6 is 0 Å². The first-order valence-electron chi connectivity index (χ1n) is 6.97. The minimum absolute atomic E-state index is 0.349. The van der Waals surface area contributed by atoms with Crippen molar-refractivity contribution in [1.82, 2.24) is 0 Å². The fourth-order valence-electron chi connectivity index (χ4n) is 3.18. The molecule has 1 aromatic rings. The predicted octanol–water partition coefficient (Wildman–Crippen LogP) is 3.21. The Morgan fingerprint density at radius 3 is 2.50 bits per heavy atom. The van der Waals surface area contributed by atoms with Crippen LogP contribution < -0.4 is 0 Å². The topological polar surface area (TPSA) is 17.1 Å². The van der Waals surface area contributed by atoms with Crippen LogP contribution in [0.4, 0.5) is 0 Å². The highest BCUT2D eigenvalue weighted by molar-refractivity contribution is 7.98. The third kappa shape index (κ3) is 2.01. The average Bonchev–Trinajstić information content (AvgIpc) is 2.86. The maximum absolute atomic E-state index is 12.7. The summed E-state index contributed by atoms with van der Waals surface area (Å²) in [5.74, 6) is 3.05. The zero-order chi connectivity index (χ0) is 12.7. The summed E-state index contributed by atoms with van der Waals surface area (Å²) in [4.78, 5) is 12.7. The maximum atomic E-state index is 12.7. The summed E-state index contributed by atoms with van der Waals surface area (Å²) >= 11 is 0. The van der Waals surface area contributed by atoms with Crippen molar-refractivity contribution in [1.29, 1.82) is 0 Å². The largest absolute Gasteiger partial charge is 0.288 e. The SMILES string of the molecule is Cc1cc2c(cc1C)C(=O)C([S+]1CCCC1)CC2. The van der Waals surface area contributed by atoms with Gasteiger partial charge < -0.3 is 0 Å². The molecule has 0 N–H and O–H groups in total. The first-order chi connectivity index (χ1) is 8.66. The number of aryl methyl sites for hydroxylation is 3. The number of fused-ring (bicyclic) bond motifs is 1. The third-order valence-corrected chi connectivity index (χ3v) is 7.30. The van der Waals surface area contributed by atoms with E-state index in [2.05, 4.69) is 26.0 Å². The van der Waals surface area contributed by atoms with Crippen LogP contribution in [0, 0.1) is 13.8 Å². The van der Waals surface area contributed by atoms with E-state index in [-0.39, 0.29) is 0 Å². The molecule has 0 spiro atoms. The highest BCUT2D eigenvalue weighted by Crippen LogP contribution is 2.31. The van der Waals surface area contributed by atoms with Gasteiger partial charge in [0.2, 0.25) is 5.78 Å². The normalized spacial score (nSPS) is 24.3. The van der Waals surface area contributed by atoms with Gasteiger partial charge in [-0.2, -0.15) is 0 Å². The van der Waals surface area contributed by atoms with Gasteiger partial charge in [0.05, 0.1) is 0 Å². The third-order valence-electron chi connectivity index (χ3n) is 4.42. The van der Waals surface area contributed by atoms with Gasteiger partial charge in [-0.15, -0.1) is 0 Å². The fourth-order valence-corrected chi connectivity index (χ4v) is 5.99. The van der Waals surface area contributed by atoms with Crippen molar-refractivity contribution in [2.24, 2.45) is 0 Å². The van der Waals surface area contributed by atoms with E-state index in [1.54, 1.807) is 0 Å². The van der Waals surface area contributed by atoms with Gasteiger partial charge in [-0.1, -0.05) is 6.07 Å². The second kappa shape index (κ2) is 4.73. The molecule has 0 saturated carbocycles. The van der Waals surface area contributed by atoms with E-state index in [0.717, 1.165) is 18.4 Å². The number of carbonyl (C=O) groups excluding carboxylic acids is 1. The van der Waals surface area contributed by atoms with Gasteiger partial charge in [0, 0.05) is 12.0 Å². The van der Waals surface area contributed by atoms with E-state index in [4.69, 9.17) is 0 Å². The molecule has 0 radical (unpaired) electrons. The zero-order valence-electron chi connectivity index (χ0n) is 11.3. The molecule has 2 heteroatoms. The van der Waals surface area contributed by atoms with E-state index in [9.17, 15) is 4.79 Å². The Hall–Kier alpha value is -0.760. The Labute approximate surface area is 112 Å². The molecule has 96 valence electrons. The lowest BCUT2D eigenvalue weighted by molar-refractivity contribution is 0.0978. The van der Waals surface area contributed by atoms with Crippen LogP contribution in [0.5, 0.6) is 0 Å². The first kappa shape index (κ1) is 12.3. The van der Waals surface area contributed by atoms with Gasteiger partial charge in [0.25, 0.3) is 0 Å². The van der Waals surface area contributed by atoms with Crippen molar-refractivity contribution in [2.75, 3.05) is 11.5 Å².